The molecule has 23 heavy (non-hydrogen) atoms. The molecule has 3 N–H and O–H groups in total. The van der Waals surface area contributed by atoms with E-state index < -0.39 is 0 Å². The second kappa shape index (κ2) is 8.17. The topological polar surface area (TPSA) is 64.3 Å². The predicted octanol–water partition coefficient (Wildman–Crippen LogP) is 3.06. The summed E-state index contributed by atoms with van der Waals surface area (Å²) in [4.78, 5) is 11.5. The molecule has 0 fully saturated rings. The molecular formula is C18H21FN2O2. The van der Waals surface area contributed by atoms with Gasteiger partial charge < -0.3 is 15.8 Å². The summed E-state index contributed by atoms with van der Waals surface area (Å²) in [6.45, 7) is 2.77. The number of nitrogen functional groups attached to an aromatic ring is 1. The van der Waals surface area contributed by atoms with Crippen LogP contribution in [0.25, 0.3) is 0 Å². The van der Waals surface area contributed by atoms with Gasteiger partial charge in [0.25, 0.3) is 0 Å². The largest absolute Gasteiger partial charge is 0.487 e. The standard InChI is InChI=1S/C18H21FN2O2/c1-2-21-18(22)9-7-13-6-8-17(16(20)11-13)23-12-14-4-3-5-15(19)10-14/h3-6,8,10-11H,2,7,9,12,20H2,1H3,(H,21,22). The molecule has 0 spiro atoms. The van der Waals surface area contributed by atoms with Crippen molar-refractivity contribution in [3.8, 4) is 5.75 Å². The predicted molar refractivity (Wildman–Crippen MR) is 88.6 cm³/mol. The number of halogens is 1. The van der Waals surface area contributed by atoms with Crippen molar-refractivity contribution in [1.29, 1.82) is 0 Å². The molecule has 122 valence electrons. The summed E-state index contributed by atoms with van der Waals surface area (Å²) in [5.41, 5.74) is 8.21. The molecule has 0 radical (unpaired) electrons. The minimum Gasteiger partial charge on any atom is -0.487 e. The van der Waals surface area contributed by atoms with Crippen LogP contribution >= 0.6 is 0 Å². The molecule has 0 saturated heterocycles. The Bertz CT molecular complexity index is 674. The molecule has 0 heterocycles. The van der Waals surface area contributed by atoms with E-state index in [0.29, 0.717) is 30.8 Å². The smallest absolute Gasteiger partial charge is 0.220 e. The van der Waals surface area contributed by atoms with Crippen LogP contribution in [0.2, 0.25) is 0 Å². The fraction of sp³-hybridized carbons (Fsp3) is 0.278. The quantitative estimate of drug-likeness (QED) is 0.772. The normalized spacial score (nSPS) is 10.3. The van der Waals surface area contributed by atoms with Gasteiger partial charge in [-0.1, -0.05) is 18.2 Å². The van der Waals surface area contributed by atoms with Gasteiger partial charge in [0, 0.05) is 13.0 Å². The van der Waals surface area contributed by atoms with Gasteiger partial charge in [0.15, 0.2) is 0 Å². The Morgan fingerprint density at radius 3 is 2.74 bits per heavy atom. The SMILES string of the molecule is CCNC(=O)CCc1ccc(OCc2cccc(F)c2)c(N)c1. The van der Waals surface area contributed by atoms with Crippen LogP contribution in [0.3, 0.4) is 0 Å². The van der Waals surface area contributed by atoms with Gasteiger partial charge in [0.1, 0.15) is 18.2 Å². The van der Waals surface area contributed by atoms with Gasteiger partial charge in [0.2, 0.25) is 5.91 Å². The zero-order valence-electron chi connectivity index (χ0n) is 13.1. The number of carbonyl (C=O) groups excluding carboxylic acids is 1. The van der Waals surface area contributed by atoms with Gasteiger partial charge in [-0.25, -0.2) is 4.39 Å². The van der Waals surface area contributed by atoms with Gasteiger partial charge in [-0.05, 0) is 48.7 Å². The lowest BCUT2D eigenvalue weighted by molar-refractivity contribution is -0.120. The lowest BCUT2D eigenvalue weighted by atomic mass is 10.1. The van der Waals surface area contributed by atoms with Crippen molar-refractivity contribution in [2.24, 2.45) is 0 Å². The van der Waals surface area contributed by atoms with Crippen LogP contribution in [0, 0.1) is 5.82 Å². The highest BCUT2D eigenvalue weighted by Gasteiger charge is 2.05. The monoisotopic (exact) mass is 316 g/mol. The minimum atomic E-state index is -0.292. The number of carbonyl (C=O) groups is 1. The van der Waals surface area contributed by atoms with Crippen LogP contribution in [0.15, 0.2) is 42.5 Å². The summed E-state index contributed by atoms with van der Waals surface area (Å²) in [6, 6.07) is 11.7. The van der Waals surface area contributed by atoms with E-state index in [1.165, 1.54) is 12.1 Å². The summed E-state index contributed by atoms with van der Waals surface area (Å²) in [7, 11) is 0. The molecule has 2 aromatic rings. The molecule has 4 nitrogen and oxygen atoms in total. The van der Waals surface area contributed by atoms with Crippen molar-refractivity contribution in [3.05, 3.63) is 59.4 Å². The number of benzene rings is 2. The number of aryl methyl sites for hydroxylation is 1. The van der Waals surface area contributed by atoms with Crippen LogP contribution in [-0.2, 0) is 17.8 Å². The number of nitrogens with two attached hydrogens (primary N) is 1. The van der Waals surface area contributed by atoms with E-state index in [-0.39, 0.29) is 18.3 Å². The van der Waals surface area contributed by atoms with Crippen molar-refractivity contribution >= 4 is 11.6 Å². The maximum absolute atomic E-state index is 13.1. The number of hydrogen-bond donors (Lipinski definition) is 2. The lowest BCUT2D eigenvalue weighted by Crippen LogP contribution is -2.22. The van der Waals surface area contributed by atoms with E-state index >= 15 is 0 Å². The van der Waals surface area contributed by atoms with Crippen molar-refractivity contribution in [2.45, 2.75) is 26.4 Å². The second-order valence-electron chi connectivity index (χ2n) is 5.24. The van der Waals surface area contributed by atoms with Gasteiger partial charge >= 0.3 is 0 Å². The number of amides is 1. The van der Waals surface area contributed by atoms with Gasteiger partial charge in [-0.15, -0.1) is 0 Å². The lowest BCUT2D eigenvalue weighted by Gasteiger charge is -2.11. The van der Waals surface area contributed by atoms with Crippen LogP contribution < -0.4 is 15.8 Å². The Morgan fingerprint density at radius 1 is 1.22 bits per heavy atom. The third kappa shape index (κ3) is 5.29. The molecule has 2 aromatic carbocycles. The fourth-order valence-electron chi connectivity index (χ4n) is 2.22. The van der Waals surface area contributed by atoms with Gasteiger partial charge in [0.05, 0.1) is 5.69 Å². The summed E-state index contributed by atoms with van der Waals surface area (Å²) in [5.74, 6) is 0.285. The van der Waals surface area contributed by atoms with Crippen LogP contribution in [-0.4, -0.2) is 12.5 Å². The third-order valence-corrected chi connectivity index (χ3v) is 3.37. The van der Waals surface area contributed by atoms with Gasteiger partial charge in [-0.3, -0.25) is 4.79 Å². The molecule has 2 rings (SSSR count). The van der Waals surface area contributed by atoms with E-state index in [1.807, 2.05) is 13.0 Å². The van der Waals surface area contributed by atoms with E-state index in [2.05, 4.69) is 5.32 Å². The Morgan fingerprint density at radius 2 is 2.04 bits per heavy atom. The maximum Gasteiger partial charge on any atom is 0.220 e. The van der Waals surface area contributed by atoms with Crippen molar-refractivity contribution in [1.82, 2.24) is 5.32 Å². The molecule has 0 aliphatic carbocycles. The molecule has 5 heteroatoms. The number of nitrogens with one attached hydrogen (secondary N) is 1. The second-order valence-corrected chi connectivity index (χ2v) is 5.24. The minimum absolute atomic E-state index is 0.0255. The maximum atomic E-state index is 13.1. The Hall–Kier alpha value is -2.56. The molecule has 0 aliphatic heterocycles. The first-order chi connectivity index (χ1) is 11.1. The van der Waals surface area contributed by atoms with E-state index in [0.717, 1.165) is 11.1 Å². The van der Waals surface area contributed by atoms with Crippen LogP contribution in [0.5, 0.6) is 5.75 Å². The molecule has 0 bridgehead atoms. The zero-order valence-corrected chi connectivity index (χ0v) is 13.1. The molecule has 1 amide bonds. The molecule has 0 saturated carbocycles. The number of ether oxygens (including phenoxy) is 1. The van der Waals surface area contributed by atoms with Crippen LogP contribution in [0.1, 0.15) is 24.5 Å². The Kier molecular flexibility index (Phi) is 5.97. The van der Waals surface area contributed by atoms with E-state index in [1.54, 1.807) is 24.3 Å². The molecule has 0 atom stereocenters. The van der Waals surface area contributed by atoms with Crippen LogP contribution in [0.4, 0.5) is 10.1 Å². The zero-order chi connectivity index (χ0) is 16.7. The molecule has 0 aliphatic rings. The highest BCUT2D eigenvalue weighted by Crippen LogP contribution is 2.24. The summed E-state index contributed by atoms with van der Waals surface area (Å²) in [5, 5.41) is 2.76. The highest BCUT2D eigenvalue weighted by atomic mass is 19.1. The highest BCUT2D eigenvalue weighted by molar-refractivity contribution is 5.76. The Labute approximate surface area is 135 Å². The average Bonchev–Trinajstić information content (AvgIpc) is 2.52. The first kappa shape index (κ1) is 16.8. The number of anilines is 1. The average molecular weight is 316 g/mol. The first-order valence-electron chi connectivity index (χ1n) is 7.61. The van der Waals surface area contributed by atoms with Crippen molar-refractivity contribution in [3.63, 3.8) is 0 Å². The third-order valence-electron chi connectivity index (χ3n) is 3.37. The fourth-order valence-corrected chi connectivity index (χ4v) is 2.22. The molecule has 0 aromatic heterocycles. The first-order valence-corrected chi connectivity index (χ1v) is 7.61. The molecule has 0 unspecified atom stereocenters. The number of rotatable bonds is 7. The Balaban J connectivity index is 1.92. The van der Waals surface area contributed by atoms with E-state index in [4.69, 9.17) is 10.5 Å². The van der Waals surface area contributed by atoms with E-state index in [9.17, 15) is 9.18 Å². The number of hydrogen-bond acceptors (Lipinski definition) is 3. The van der Waals surface area contributed by atoms with Crippen molar-refractivity contribution < 1.29 is 13.9 Å². The summed E-state index contributed by atoms with van der Waals surface area (Å²) < 4.78 is 18.7. The van der Waals surface area contributed by atoms with Gasteiger partial charge in [-0.2, -0.15) is 0 Å². The summed E-state index contributed by atoms with van der Waals surface area (Å²) in [6.07, 6.45) is 1.05. The molecular weight excluding hydrogens is 295 g/mol. The summed E-state index contributed by atoms with van der Waals surface area (Å²) >= 11 is 0. The van der Waals surface area contributed by atoms with Crippen molar-refractivity contribution in [2.75, 3.05) is 12.3 Å².